The van der Waals surface area contributed by atoms with E-state index in [1.165, 1.54) is 5.56 Å². The predicted octanol–water partition coefficient (Wildman–Crippen LogP) is 4.64. The van der Waals surface area contributed by atoms with Gasteiger partial charge >= 0.3 is 6.09 Å². The number of imidazole rings is 1. The van der Waals surface area contributed by atoms with Crippen LogP contribution >= 0.6 is 15.9 Å². The molecule has 1 aliphatic rings. The number of halogens is 1. The Labute approximate surface area is 196 Å². The lowest BCUT2D eigenvalue weighted by molar-refractivity contribution is 0.0205. The summed E-state index contributed by atoms with van der Waals surface area (Å²) in [5.41, 5.74) is 9.33. The van der Waals surface area contributed by atoms with Crippen molar-refractivity contribution in [3.05, 3.63) is 46.0 Å². The standard InChI is InChI=1S/C23H29BrN6O2/c1-14-26-19(25)18-20(27-14)30(21(24)28-18)13-15-5-7-16(8-6-15)17-9-11-29(12-10-17)22(31)32-23(2,3)4/h5-8,17H,9-13H2,1-4H3,(H2,25,26,27). The van der Waals surface area contributed by atoms with E-state index in [0.29, 0.717) is 34.4 Å². The van der Waals surface area contributed by atoms with Gasteiger partial charge in [-0.25, -0.2) is 19.7 Å². The maximum absolute atomic E-state index is 12.3. The summed E-state index contributed by atoms with van der Waals surface area (Å²) < 4.78 is 8.17. The molecule has 0 atom stereocenters. The van der Waals surface area contributed by atoms with E-state index in [1.54, 1.807) is 0 Å². The Morgan fingerprint density at radius 3 is 2.44 bits per heavy atom. The minimum atomic E-state index is -0.463. The minimum Gasteiger partial charge on any atom is -0.444 e. The minimum absolute atomic E-state index is 0.218. The van der Waals surface area contributed by atoms with E-state index in [0.717, 1.165) is 37.1 Å². The van der Waals surface area contributed by atoms with Gasteiger partial charge in [0.15, 0.2) is 21.7 Å². The van der Waals surface area contributed by atoms with Crippen molar-refractivity contribution >= 4 is 39.0 Å². The van der Waals surface area contributed by atoms with Crippen molar-refractivity contribution in [1.29, 1.82) is 0 Å². The molecule has 0 aliphatic carbocycles. The number of aryl methyl sites for hydroxylation is 1. The quantitative estimate of drug-likeness (QED) is 0.525. The zero-order valence-electron chi connectivity index (χ0n) is 18.9. The van der Waals surface area contributed by atoms with Gasteiger partial charge in [0, 0.05) is 13.1 Å². The van der Waals surface area contributed by atoms with Crippen molar-refractivity contribution in [2.45, 2.75) is 58.6 Å². The number of likely N-dealkylation sites (tertiary alicyclic amines) is 1. The van der Waals surface area contributed by atoms with Gasteiger partial charge in [-0.15, -0.1) is 0 Å². The third kappa shape index (κ3) is 4.87. The fourth-order valence-electron chi connectivity index (χ4n) is 4.05. The summed E-state index contributed by atoms with van der Waals surface area (Å²) in [5.74, 6) is 1.45. The highest BCUT2D eigenvalue weighted by atomic mass is 79.9. The molecule has 32 heavy (non-hydrogen) atoms. The monoisotopic (exact) mass is 500 g/mol. The highest BCUT2D eigenvalue weighted by Crippen LogP contribution is 2.30. The number of carbonyl (C=O) groups is 1. The number of piperidine rings is 1. The van der Waals surface area contributed by atoms with Gasteiger partial charge in [-0.3, -0.25) is 4.57 Å². The molecule has 9 heteroatoms. The average Bonchev–Trinajstić information content (AvgIpc) is 3.03. The number of rotatable bonds is 3. The van der Waals surface area contributed by atoms with Crippen LogP contribution in [0.25, 0.3) is 11.2 Å². The fraction of sp³-hybridized carbons (Fsp3) is 0.478. The normalized spacial score (nSPS) is 15.3. The zero-order chi connectivity index (χ0) is 23.0. The molecule has 2 N–H and O–H groups in total. The smallest absolute Gasteiger partial charge is 0.410 e. The lowest BCUT2D eigenvalue weighted by Gasteiger charge is -2.33. The first kappa shape index (κ1) is 22.5. The van der Waals surface area contributed by atoms with Gasteiger partial charge < -0.3 is 15.4 Å². The van der Waals surface area contributed by atoms with Crippen LogP contribution in [0, 0.1) is 6.92 Å². The summed E-state index contributed by atoms with van der Waals surface area (Å²) >= 11 is 3.52. The number of aromatic nitrogens is 4. The summed E-state index contributed by atoms with van der Waals surface area (Å²) in [6, 6.07) is 8.66. The lowest BCUT2D eigenvalue weighted by atomic mass is 9.89. The molecule has 1 aliphatic heterocycles. The van der Waals surface area contributed by atoms with Crippen molar-refractivity contribution in [2.24, 2.45) is 0 Å². The second kappa shape index (κ2) is 8.69. The molecule has 3 aromatic rings. The number of ether oxygens (including phenoxy) is 1. The summed E-state index contributed by atoms with van der Waals surface area (Å²) in [4.78, 5) is 27.3. The van der Waals surface area contributed by atoms with E-state index in [9.17, 15) is 4.79 Å². The number of nitrogens with two attached hydrogens (primary N) is 1. The van der Waals surface area contributed by atoms with Crippen LogP contribution in [0.3, 0.4) is 0 Å². The Kier molecular flexibility index (Phi) is 6.11. The summed E-state index contributed by atoms with van der Waals surface area (Å²) in [6.07, 6.45) is 1.65. The molecule has 1 saturated heterocycles. The van der Waals surface area contributed by atoms with Crippen LogP contribution in [0.2, 0.25) is 0 Å². The third-order valence-corrected chi connectivity index (χ3v) is 6.23. The van der Waals surface area contributed by atoms with Crippen molar-refractivity contribution in [3.63, 3.8) is 0 Å². The van der Waals surface area contributed by atoms with Gasteiger partial charge in [-0.2, -0.15) is 0 Å². The van der Waals surface area contributed by atoms with Gasteiger partial charge in [0.1, 0.15) is 11.4 Å². The number of nitrogen functional groups attached to an aromatic ring is 1. The molecule has 8 nitrogen and oxygen atoms in total. The van der Waals surface area contributed by atoms with Crippen LogP contribution in [0.15, 0.2) is 29.0 Å². The zero-order valence-corrected chi connectivity index (χ0v) is 20.5. The molecule has 0 unspecified atom stereocenters. The van der Waals surface area contributed by atoms with Crippen LogP contribution < -0.4 is 5.73 Å². The van der Waals surface area contributed by atoms with Crippen LogP contribution in [0.5, 0.6) is 0 Å². The third-order valence-electron chi connectivity index (χ3n) is 5.63. The van der Waals surface area contributed by atoms with Gasteiger partial charge in [0.2, 0.25) is 0 Å². The number of amides is 1. The Balaban J connectivity index is 1.42. The van der Waals surface area contributed by atoms with E-state index in [2.05, 4.69) is 55.1 Å². The summed E-state index contributed by atoms with van der Waals surface area (Å²) in [5, 5.41) is 0. The topological polar surface area (TPSA) is 99.2 Å². The first-order chi connectivity index (χ1) is 15.1. The SMILES string of the molecule is Cc1nc(N)c2nc(Br)n(Cc3ccc(C4CCN(C(=O)OC(C)(C)C)CC4)cc3)c2n1. The van der Waals surface area contributed by atoms with Crippen molar-refractivity contribution in [2.75, 3.05) is 18.8 Å². The van der Waals surface area contributed by atoms with Crippen LogP contribution in [-0.2, 0) is 11.3 Å². The molecule has 1 fully saturated rings. The second-order valence-electron chi connectivity index (χ2n) is 9.28. The Morgan fingerprint density at radius 1 is 1.16 bits per heavy atom. The molecule has 0 spiro atoms. The number of benzene rings is 1. The van der Waals surface area contributed by atoms with Crippen molar-refractivity contribution in [3.8, 4) is 0 Å². The first-order valence-corrected chi connectivity index (χ1v) is 11.6. The molecule has 170 valence electrons. The molecule has 0 saturated carbocycles. The van der Waals surface area contributed by atoms with Crippen LogP contribution in [0.1, 0.15) is 56.5 Å². The van der Waals surface area contributed by atoms with E-state index < -0.39 is 5.60 Å². The highest BCUT2D eigenvalue weighted by Gasteiger charge is 2.27. The predicted molar refractivity (Wildman–Crippen MR) is 127 cm³/mol. The number of nitrogens with zero attached hydrogens (tertiary/aromatic N) is 5. The van der Waals surface area contributed by atoms with Gasteiger partial charge in [-0.05, 0) is 73.5 Å². The van der Waals surface area contributed by atoms with Crippen molar-refractivity contribution < 1.29 is 9.53 Å². The molecule has 0 radical (unpaired) electrons. The molecule has 3 heterocycles. The number of hydrogen-bond donors (Lipinski definition) is 1. The maximum atomic E-state index is 12.3. The van der Waals surface area contributed by atoms with Gasteiger partial charge in [0.05, 0.1) is 6.54 Å². The van der Waals surface area contributed by atoms with Gasteiger partial charge in [0.25, 0.3) is 0 Å². The Bertz CT molecular complexity index is 1130. The number of fused-ring (bicyclic) bond motifs is 1. The maximum Gasteiger partial charge on any atom is 0.410 e. The number of carbonyl (C=O) groups excluding carboxylic acids is 1. The van der Waals surface area contributed by atoms with Crippen molar-refractivity contribution in [1.82, 2.24) is 24.4 Å². The molecule has 1 amide bonds. The van der Waals surface area contributed by atoms with E-state index >= 15 is 0 Å². The average molecular weight is 501 g/mol. The molecule has 2 aromatic heterocycles. The Hall–Kier alpha value is -2.68. The van der Waals surface area contributed by atoms with Gasteiger partial charge in [-0.1, -0.05) is 24.3 Å². The molecule has 0 bridgehead atoms. The first-order valence-electron chi connectivity index (χ1n) is 10.8. The second-order valence-corrected chi connectivity index (χ2v) is 9.99. The lowest BCUT2D eigenvalue weighted by Crippen LogP contribution is -2.41. The Morgan fingerprint density at radius 2 is 1.81 bits per heavy atom. The fourth-order valence-corrected chi connectivity index (χ4v) is 4.52. The molecular weight excluding hydrogens is 472 g/mol. The largest absolute Gasteiger partial charge is 0.444 e. The highest BCUT2D eigenvalue weighted by molar-refractivity contribution is 9.10. The van der Waals surface area contributed by atoms with E-state index in [4.69, 9.17) is 10.5 Å². The molecular formula is C23H29BrN6O2. The summed E-state index contributed by atoms with van der Waals surface area (Å²) in [7, 11) is 0. The van der Waals surface area contributed by atoms with E-state index in [-0.39, 0.29) is 6.09 Å². The van der Waals surface area contributed by atoms with E-state index in [1.807, 2.05) is 37.2 Å². The van der Waals surface area contributed by atoms with Crippen LogP contribution in [-0.4, -0.2) is 49.2 Å². The number of anilines is 1. The summed E-state index contributed by atoms with van der Waals surface area (Å²) in [6.45, 7) is 9.58. The molecule has 4 rings (SSSR count). The van der Waals surface area contributed by atoms with Crippen LogP contribution in [0.4, 0.5) is 10.6 Å². The molecule has 1 aromatic carbocycles. The number of hydrogen-bond acceptors (Lipinski definition) is 6.